The van der Waals surface area contributed by atoms with Crippen LogP contribution in [0, 0.1) is 11.8 Å². The molecular weight excluding hydrogens is 276 g/mol. The van der Waals surface area contributed by atoms with E-state index < -0.39 is 0 Å². The number of nitrogens with one attached hydrogen (secondary N) is 1. The van der Waals surface area contributed by atoms with Crippen LogP contribution in [0.25, 0.3) is 0 Å². The summed E-state index contributed by atoms with van der Waals surface area (Å²) < 4.78 is 5.38. The largest absolute Gasteiger partial charge is 0.379 e. The van der Waals surface area contributed by atoms with Crippen molar-refractivity contribution in [2.24, 2.45) is 16.8 Å². The maximum absolute atomic E-state index is 5.38. The summed E-state index contributed by atoms with van der Waals surface area (Å²) in [5.41, 5.74) is 0. The molecular formula is C17H34N4O. The Morgan fingerprint density at radius 2 is 1.82 bits per heavy atom. The molecule has 22 heavy (non-hydrogen) atoms. The average molecular weight is 310 g/mol. The van der Waals surface area contributed by atoms with Crippen LogP contribution in [0.15, 0.2) is 4.99 Å². The quantitative estimate of drug-likeness (QED) is 0.476. The number of likely N-dealkylation sites (tertiary alicyclic amines) is 1. The van der Waals surface area contributed by atoms with Gasteiger partial charge in [0.15, 0.2) is 5.96 Å². The molecule has 1 N–H and O–H groups in total. The van der Waals surface area contributed by atoms with Crippen LogP contribution in [0.5, 0.6) is 0 Å². The molecule has 2 atom stereocenters. The predicted molar refractivity (Wildman–Crippen MR) is 92.4 cm³/mol. The lowest BCUT2D eigenvalue weighted by Gasteiger charge is -2.37. The highest BCUT2D eigenvalue weighted by molar-refractivity contribution is 5.79. The zero-order valence-electron chi connectivity index (χ0n) is 14.7. The minimum absolute atomic E-state index is 0.767. The molecule has 5 nitrogen and oxygen atoms in total. The molecule has 2 unspecified atom stereocenters. The highest BCUT2D eigenvalue weighted by Gasteiger charge is 2.23. The second-order valence-electron chi connectivity index (χ2n) is 6.99. The van der Waals surface area contributed by atoms with Crippen molar-refractivity contribution >= 4 is 5.96 Å². The SMILES string of the molecule is CN=C(NCCCCN1CCOCC1)N1CC(C)CC(C)C1. The summed E-state index contributed by atoms with van der Waals surface area (Å²) in [5.74, 6) is 2.62. The molecule has 0 saturated carbocycles. The third-order valence-electron chi connectivity index (χ3n) is 4.67. The number of morpholine rings is 1. The molecule has 0 spiro atoms. The number of aliphatic imine (C=N–C) groups is 1. The Balaban J connectivity index is 1.61. The van der Waals surface area contributed by atoms with Crippen LogP contribution in [0.3, 0.4) is 0 Å². The zero-order chi connectivity index (χ0) is 15.8. The van der Waals surface area contributed by atoms with Crippen LogP contribution in [0.1, 0.15) is 33.1 Å². The lowest BCUT2D eigenvalue weighted by Crippen LogP contribution is -2.48. The first-order valence-electron chi connectivity index (χ1n) is 8.94. The van der Waals surface area contributed by atoms with Crippen molar-refractivity contribution < 1.29 is 4.74 Å². The standard InChI is InChI=1S/C17H34N4O/c1-15-12-16(2)14-21(13-15)17(18-3)19-6-4-5-7-20-8-10-22-11-9-20/h15-16H,4-14H2,1-3H3,(H,18,19). The first-order chi connectivity index (χ1) is 10.7. The molecule has 0 aromatic rings. The molecule has 0 bridgehead atoms. The van der Waals surface area contributed by atoms with Crippen molar-refractivity contribution in [2.45, 2.75) is 33.1 Å². The highest BCUT2D eigenvalue weighted by Crippen LogP contribution is 2.20. The molecule has 2 aliphatic rings. The number of piperidine rings is 1. The van der Waals surface area contributed by atoms with Gasteiger partial charge in [0.1, 0.15) is 0 Å². The van der Waals surface area contributed by atoms with Crippen molar-refractivity contribution in [1.29, 1.82) is 0 Å². The highest BCUT2D eigenvalue weighted by atomic mass is 16.5. The first-order valence-corrected chi connectivity index (χ1v) is 8.94. The molecule has 0 radical (unpaired) electrons. The molecule has 0 aliphatic carbocycles. The molecule has 0 aromatic heterocycles. The van der Waals surface area contributed by atoms with E-state index in [2.05, 4.69) is 34.0 Å². The van der Waals surface area contributed by atoms with E-state index >= 15 is 0 Å². The van der Waals surface area contributed by atoms with Crippen molar-refractivity contribution in [3.05, 3.63) is 0 Å². The summed E-state index contributed by atoms with van der Waals surface area (Å²) >= 11 is 0. The Hall–Kier alpha value is -0.810. The van der Waals surface area contributed by atoms with E-state index in [9.17, 15) is 0 Å². The fraction of sp³-hybridized carbons (Fsp3) is 0.941. The summed E-state index contributed by atoms with van der Waals surface area (Å²) in [4.78, 5) is 9.41. The van der Waals surface area contributed by atoms with Crippen LogP contribution in [0.4, 0.5) is 0 Å². The van der Waals surface area contributed by atoms with Gasteiger partial charge < -0.3 is 15.0 Å². The molecule has 2 saturated heterocycles. The lowest BCUT2D eigenvalue weighted by atomic mass is 9.92. The normalized spacial score (nSPS) is 28.0. The summed E-state index contributed by atoms with van der Waals surface area (Å²) in [7, 11) is 1.90. The molecule has 128 valence electrons. The Labute approximate surface area is 136 Å². The minimum Gasteiger partial charge on any atom is -0.379 e. The Kier molecular flexibility index (Phi) is 7.46. The van der Waals surface area contributed by atoms with E-state index in [1.807, 2.05) is 7.05 Å². The third kappa shape index (κ3) is 5.76. The van der Waals surface area contributed by atoms with E-state index in [0.29, 0.717) is 0 Å². The van der Waals surface area contributed by atoms with E-state index in [4.69, 9.17) is 4.74 Å². The maximum Gasteiger partial charge on any atom is 0.193 e. The van der Waals surface area contributed by atoms with Crippen LogP contribution < -0.4 is 5.32 Å². The molecule has 5 heteroatoms. The van der Waals surface area contributed by atoms with Gasteiger partial charge in [0.25, 0.3) is 0 Å². The molecule has 2 fully saturated rings. The second kappa shape index (κ2) is 9.36. The summed E-state index contributed by atoms with van der Waals surface area (Å²) in [6.07, 6.45) is 3.79. The zero-order valence-corrected chi connectivity index (χ0v) is 14.7. The smallest absolute Gasteiger partial charge is 0.193 e. The fourth-order valence-electron chi connectivity index (χ4n) is 3.65. The van der Waals surface area contributed by atoms with Gasteiger partial charge in [-0.3, -0.25) is 9.89 Å². The predicted octanol–water partition coefficient (Wildman–Crippen LogP) is 1.65. The number of hydrogen-bond donors (Lipinski definition) is 1. The molecule has 2 rings (SSSR count). The van der Waals surface area contributed by atoms with E-state index in [1.54, 1.807) is 0 Å². The Morgan fingerprint density at radius 1 is 1.14 bits per heavy atom. The maximum atomic E-state index is 5.38. The Morgan fingerprint density at radius 3 is 2.45 bits per heavy atom. The number of hydrogen-bond acceptors (Lipinski definition) is 3. The van der Waals surface area contributed by atoms with E-state index in [-0.39, 0.29) is 0 Å². The number of nitrogens with zero attached hydrogens (tertiary/aromatic N) is 3. The van der Waals surface area contributed by atoms with Gasteiger partial charge in [0, 0.05) is 39.8 Å². The number of ether oxygens (including phenoxy) is 1. The average Bonchev–Trinajstić information content (AvgIpc) is 2.51. The monoisotopic (exact) mass is 310 g/mol. The van der Waals surface area contributed by atoms with Crippen molar-refractivity contribution in [1.82, 2.24) is 15.1 Å². The van der Waals surface area contributed by atoms with Gasteiger partial charge in [-0.2, -0.15) is 0 Å². The van der Waals surface area contributed by atoms with Gasteiger partial charge in [0.2, 0.25) is 0 Å². The molecule has 2 aliphatic heterocycles. The Bertz CT molecular complexity index is 332. The van der Waals surface area contributed by atoms with Gasteiger partial charge in [0.05, 0.1) is 13.2 Å². The molecule has 0 aromatic carbocycles. The third-order valence-corrected chi connectivity index (χ3v) is 4.67. The van der Waals surface area contributed by atoms with E-state index in [1.165, 1.54) is 25.8 Å². The number of guanidine groups is 1. The van der Waals surface area contributed by atoms with Crippen molar-refractivity contribution in [2.75, 3.05) is 59.5 Å². The molecule has 2 heterocycles. The van der Waals surface area contributed by atoms with Crippen LogP contribution in [0.2, 0.25) is 0 Å². The minimum atomic E-state index is 0.767. The lowest BCUT2D eigenvalue weighted by molar-refractivity contribution is 0.0372. The van der Waals surface area contributed by atoms with Gasteiger partial charge in [-0.25, -0.2) is 0 Å². The number of unbranched alkanes of at least 4 members (excludes halogenated alkanes) is 1. The first kappa shape index (κ1) is 17.5. The van der Waals surface area contributed by atoms with Crippen molar-refractivity contribution in [3.8, 4) is 0 Å². The van der Waals surface area contributed by atoms with Crippen LogP contribution in [-0.2, 0) is 4.74 Å². The fourth-order valence-corrected chi connectivity index (χ4v) is 3.65. The molecule has 0 amide bonds. The van der Waals surface area contributed by atoms with Gasteiger partial charge >= 0.3 is 0 Å². The van der Waals surface area contributed by atoms with Gasteiger partial charge in [-0.1, -0.05) is 13.8 Å². The number of rotatable bonds is 5. The van der Waals surface area contributed by atoms with Crippen LogP contribution in [-0.4, -0.2) is 75.3 Å². The topological polar surface area (TPSA) is 40.1 Å². The van der Waals surface area contributed by atoms with Gasteiger partial charge in [-0.15, -0.1) is 0 Å². The summed E-state index contributed by atoms with van der Waals surface area (Å²) in [6, 6.07) is 0. The van der Waals surface area contributed by atoms with Crippen molar-refractivity contribution in [3.63, 3.8) is 0 Å². The van der Waals surface area contributed by atoms with Gasteiger partial charge in [-0.05, 0) is 37.6 Å². The summed E-state index contributed by atoms with van der Waals surface area (Å²) in [5, 5.41) is 3.55. The second-order valence-corrected chi connectivity index (χ2v) is 6.99. The van der Waals surface area contributed by atoms with E-state index in [0.717, 1.165) is 63.7 Å². The summed E-state index contributed by atoms with van der Waals surface area (Å²) in [6.45, 7) is 13.2. The van der Waals surface area contributed by atoms with Crippen LogP contribution >= 0.6 is 0 Å².